The number of aliphatic carboxylic acids is 1. The van der Waals surface area contributed by atoms with Crippen LogP contribution >= 0.6 is 0 Å². The highest BCUT2D eigenvalue weighted by molar-refractivity contribution is 5.99. The molecule has 0 spiro atoms. The summed E-state index contributed by atoms with van der Waals surface area (Å²) >= 11 is 0. The van der Waals surface area contributed by atoms with E-state index in [0.29, 0.717) is 24.1 Å². The number of para-hydroxylation sites is 1. The standard InChI is InChI=1S/C16H22N2O3/c17-13-8-4-3-7-12(13)14(19)18-11-16(15(20)21)9-5-1-2-6-10-16/h3-4,7-8H,1-2,5-6,9-11,17H2,(H,18,19)(H,20,21). The maximum Gasteiger partial charge on any atom is 0.311 e. The molecule has 0 radical (unpaired) electrons. The van der Waals surface area contributed by atoms with Crippen LogP contribution in [-0.4, -0.2) is 23.5 Å². The van der Waals surface area contributed by atoms with E-state index in [9.17, 15) is 14.7 Å². The lowest BCUT2D eigenvalue weighted by Crippen LogP contribution is -2.43. The minimum Gasteiger partial charge on any atom is -0.481 e. The lowest BCUT2D eigenvalue weighted by molar-refractivity contribution is -0.149. The molecule has 1 aromatic carbocycles. The number of carboxylic acids is 1. The van der Waals surface area contributed by atoms with Gasteiger partial charge in [-0.25, -0.2) is 0 Å². The molecule has 4 N–H and O–H groups in total. The first-order valence-electron chi connectivity index (χ1n) is 7.41. The number of nitrogens with one attached hydrogen (secondary N) is 1. The third kappa shape index (κ3) is 3.54. The van der Waals surface area contributed by atoms with Gasteiger partial charge in [0.1, 0.15) is 0 Å². The lowest BCUT2D eigenvalue weighted by atomic mass is 9.80. The number of carbonyl (C=O) groups is 2. The average molecular weight is 290 g/mol. The third-order valence-corrected chi connectivity index (χ3v) is 4.31. The minimum absolute atomic E-state index is 0.162. The zero-order valence-electron chi connectivity index (χ0n) is 12.1. The van der Waals surface area contributed by atoms with Crippen molar-refractivity contribution in [1.82, 2.24) is 5.32 Å². The van der Waals surface area contributed by atoms with E-state index in [1.807, 2.05) is 0 Å². The van der Waals surface area contributed by atoms with Gasteiger partial charge in [0.25, 0.3) is 5.91 Å². The van der Waals surface area contributed by atoms with Crippen LogP contribution in [-0.2, 0) is 4.79 Å². The van der Waals surface area contributed by atoms with Crippen LogP contribution in [0.25, 0.3) is 0 Å². The zero-order chi connectivity index (χ0) is 15.3. The summed E-state index contributed by atoms with van der Waals surface area (Å²) in [7, 11) is 0. The molecule has 5 nitrogen and oxygen atoms in total. The number of amides is 1. The van der Waals surface area contributed by atoms with Crippen molar-refractivity contribution in [2.24, 2.45) is 5.41 Å². The molecule has 1 aliphatic rings. The van der Waals surface area contributed by atoms with E-state index >= 15 is 0 Å². The SMILES string of the molecule is Nc1ccccc1C(=O)NCC1(C(=O)O)CCCCCC1. The highest BCUT2D eigenvalue weighted by atomic mass is 16.4. The molecule has 0 atom stereocenters. The van der Waals surface area contributed by atoms with E-state index < -0.39 is 11.4 Å². The topological polar surface area (TPSA) is 92.4 Å². The summed E-state index contributed by atoms with van der Waals surface area (Å²) in [5.74, 6) is -1.12. The predicted octanol–water partition coefficient (Wildman–Crippen LogP) is 2.42. The number of benzene rings is 1. The largest absolute Gasteiger partial charge is 0.481 e. The molecule has 1 fully saturated rings. The Morgan fingerprint density at radius 2 is 1.76 bits per heavy atom. The van der Waals surface area contributed by atoms with E-state index in [1.165, 1.54) is 0 Å². The van der Waals surface area contributed by atoms with Gasteiger partial charge in [-0.15, -0.1) is 0 Å². The van der Waals surface area contributed by atoms with E-state index in [1.54, 1.807) is 24.3 Å². The summed E-state index contributed by atoms with van der Waals surface area (Å²) in [4.78, 5) is 23.8. The Kier molecular flexibility index (Phi) is 4.83. The second-order valence-electron chi connectivity index (χ2n) is 5.77. The lowest BCUT2D eigenvalue weighted by Gasteiger charge is -2.28. The van der Waals surface area contributed by atoms with E-state index in [-0.39, 0.29) is 12.5 Å². The second kappa shape index (κ2) is 6.61. The predicted molar refractivity (Wildman–Crippen MR) is 81.0 cm³/mol. The fourth-order valence-electron chi connectivity index (χ4n) is 2.92. The van der Waals surface area contributed by atoms with Crippen molar-refractivity contribution in [1.29, 1.82) is 0 Å². The van der Waals surface area contributed by atoms with Crippen LogP contribution in [0.5, 0.6) is 0 Å². The first-order valence-corrected chi connectivity index (χ1v) is 7.41. The van der Waals surface area contributed by atoms with Crippen molar-refractivity contribution in [3.63, 3.8) is 0 Å². The highest BCUT2D eigenvalue weighted by Gasteiger charge is 2.38. The van der Waals surface area contributed by atoms with Crippen LogP contribution in [0.3, 0.4) is 0 Å². The summed E-state index contributed by atoms with van der Waals surface area (Å²) in [6.07, 6.45) is 5.16. The molecular formula is C16H22N2O3. The molecule has 0 saturated heterocycles. The van der Waals surface area contributed by atoms with Gasteiger partial charge in [-0.1, -0.05) is 37.8 Å². The number of carboxylic acid groups (broad SMARTS) is 1. The third-order valence-electron chi connectivity index (χ3n) is 4.31. The number of hydrogen-bond acceptors (Lipinski definition) is 3. The number of carbonyl (C=O) groups excluding carboxylic acids is 1. The van der Waals surface area contributed by atoms with Gasteiger partial charge < -0.3 is 16.2 Å². The average Bonchev–Trinajstić information content (AvgIpc) is 2.72. The Labute approximate surface area is 124 Å². The van der Waals surface area contributed by atoms with E-state index in [4.69, 9.17) is 5.73 Å². The minimum atomic E-state index is -0.838. The van der Waals surface area contributed by atoms with Gasteiger partial charge >= 0.3 is 5.97 Å². The van der Waals surface area contributed by atoms with Crippen LogP contribution in [0.1, 0.15) is 48.9 Å². The molecule has 0 aliphatic heterocycles. The number of nitrogens with two attached hydrogens (primary N) is 1. The van der Waals surface area contributed by atoms with Crippen LogP contribution in [0.2, 0.25) is 0 Å². The molecule has 2 rings (SSSR count). The van der Waals surface area contributed by atoms with Crippen molar-refractivity contribution < 1.29 is 14.7 Å². The molecule has 0 aromatic heterocycles. The quantitative estimate of drug-likeness (QED) is 0.586. The molecular weight excluding hydrogens is 268 g/mol. The van der Waals surface area contributed by atoms with Crippen molar-refractivity contribution in [2.75, 3.05) is 12.3 Å². The van der Waals surface area contributed by atoms with Gasteiger partial charge in [0.15, 0.2) is 0 Å². The number of nitrogen functional groups attached to an aromatic ring is 1. The number of rotatable bonds is 4. The summed E-state index contributed by atoms with van der Waals surface area (Å²) in [6.45, 7) is 0.162. The van der Waals surface area contributed by atoms with Crippen LogP contribution in [0, 0.1) is 5.41 Å². The Balaban J connectivity index is 2.07. The maximum atomic E-state index is 12.2. The van der Waals surface area contributed by atoms with Crippen LogP contribution in [0.4, 0.5) is 5.69 Å². The molecule has 114 valence electrons. The first-order chi connectivity index (χ1) is 10.1. The Bertz CT molecular complexity index is 520. The molecule has 1 amide bonds. The molecule has 1 aliphatic carbocycles. The van der Waals surface area contributed by atoms with Gasteiger partial charge in [-0.05, 0) is 25.0 Å². The summed E-state index contributed by atoms with van der Waals surface area (Å²) in [5, 5.41) is 12.3. The normalized spacial score (nSPS) is 17.7. The molecule has 5 heteroatoms. The van der Waals surface area contributed by atoms with Crippen LogP contribution < -0.4 is 11.1 Å². The number of anilines is 1. The maximum absolute atomic E-state index is 12.2. The summed E-state index contributed by atoms with van der Waals surface area (Å²) < 4.78 is 0. The molecule has 0 heterocycles. The van der Waals surface area contributed by atoms with Gasteiger partial charge in [0, 0.05) is 12.2 Å². The van der Waals surface area contributed by atoms with Gasteiger partial charge in [0.2, 0.25) is 0 Å². The summed E-state index contributed by atoms with van der Waals surface area (Å²) in [5.41, 5.74) is 5.73. The molecule has 1 saturated carbocycles. The fourth-order valence-corrected chi connectivity index (χ4v) is 2.92. The van der Waals surface area contributed by atoms with Gasteiger partial charge in [0.05, 0.1) is 11.0 Å². The zero-order valence-corrected chi connectivity index (χ0v) is 12.1. The van der Waals surface area contributed by atoms with Crippen molar-refractivity contribution >= 4 is 17.6 Å². The van der Waals surface area contributed by atoms with Crippen LogP contribution in [0.15, 0.2) is 24.3 Å². The molecule has 21 heavy (non-hydrogen) atoms. The van der Waals surface area contributed by atoms with E-state index in [2.05, 4.69) is 5.32 Å². The van der Waals surface area contributed by atoms with Crippen molar-refractivity contribution in [3.8, 4) is 0 Å². The Hall–Kier alpha value is -2.04. The second-order valence-corrected chi connectivity index (χ2v) is 5.77. The monoisotopic (exact) mass is 290 g/mol. The first kappa shape index (κ1) is 15.4. The smallest absolute Gasteiger partial charge is 0.311 e. The Morgan fingerprint density at radius 1 is 1.14 bits per heavy atom. The Morgan fingerprint density at radius 3 is 2.33 bits per heavy atom. The van der Waals surface area contributed by atoms with Crippen molar-refractivity contribution in [3.05, 3.63) is 29.8 Å². The van der Waals surface area contributed by atoms with E-state index in [0.717, 1.165) is 25.7 Å². The number of hydrogen-bond donors (Lipinski definition) is 3. The molecule has 0 unspecified atom stereocenters. The highest BCUT2D eigenvalue weighted by Crippen LogP contribution is 2.35. The van der Waals surface area contributed by atoms with Gasteiger partial charge in [-0.2, -0.15) is 0 Å². The molecule has 1 aromatic rings. The molecule has 0 bridgehead atoms. The van der Waals surface area contributed by atoms with Gasteiger partial charge in [-0.3, -0.25) is 9.59 Å². The fraction of sp³-hybridized carbons (Fsp3) is 0.500. The summed E-state index contributed by atoms with van der Waals surface area (Å²) in [6, 6.07) is 6.80. The van der Waals surface area contributed by atoms with Crippen molar-refractivity contribution in [2.45, 2.75) is 38.5 Å².